The highest BCUT2D eigenvalue weighted by Crippen LogP contribution is 2.29. The fraction of sp³-hybridized carbons (Fsp3) is 0.174. The van der Waals surface area contributed by atoms with Gasteiger partial charge in [-0.3, -0.25) is 14.4 Å². The predicted octanol–water partition coefficient (Wildman–Crippen LogP) is 4.14. The maximum Gasteiger partial charge on any atom is 0.263 e. The Hall–Kier alpha value is -3.52. The molecule has 0 aliphatic carbocycles. The Balaban J connectivity index is 1.58. The molecule has 31 heavy (non-hydrogen) atoms. The molecule has 1 heterocycles. The van der Waals surface area contributed by atoms with E-state index in [4.69, 9.17) is 5.73 Å². The van der Waals surface area contributed by atoms with Crippen molar-refractivity contribution in [3.05, 3.63) is 76.9 Å². The molecule has 0 atom stereocenters. The molecule has 3 aromatic rings. The monoisotopic (exact) mass is 439 g/mol. The van der Waals surface area contributed by atoms with Gasteiger partial charge < -0.3 is 16.0 Å². The lowest BCUT2D eigenvalue weighted by atomic mass is 10.2. The molecule has 0 bridgehead atoms. The molecule has 3 amide bonds. The van der Waals surface area contributed by atoms with Gasteiger partial charge in [0.1, 0.15) is 5.82 Å². The number of rotatable bonds is 8. The SMILES string of the molecule is CCN(CCC(=O)Nc1ccc(C(N)=O)cc1)C(=O)c1ccc(-c2ccc(F)cc2)s1. The molecule has 6 nitrogen and oxygen atoms in total. The van der Waals surface area contributed by atoms with Gasteiger partial charge in [-0.05, 0) is 61.0 Å². The van der Waals surface area contributed by atoms with Crippen LogP contribution in [0.4, 0.5) is 10.1 Å². The zero-order chi connectivity index (χ0) is 22.4. The number of primary amides is 1. The fourth-order valence-electron chi connectivity index (χ4n) is 2.96. The first-order valence-electron chi connectivity index (χ1n) is 9.72. The highest BCUT2D eigenvalue weighted by Gasteiger charge is 2.18. The van der Waals surface area contributed by atoms with Gasteiger partial charge >= 0.3 is 0 Å². The van der Waals surface area contributed by atoms with Crippen LogP contribution in [0.25, 0.3) is 10.4 Å². The summed E-state index contributed by atoms with van der Waals surface area (Å²) in [4.78, 5) is 39.2. The van der Waals surface area contributed by atoms with Crippen LogP contribution >= 0.6 is 11.3 Å². The Morgan fingerprint density at radius 1 is 1.00 bits per heavy atom. The van der Waals surface area contributed by atoms with Crippen LogP contribution in [0, 0.1) is 5.82 Å². The van der Waals surface area contributed by atoms with Gasteiger partial charge in [0.05, 0.1) is 4.88 Å². The Morgan fingerprint density at radius 2 is 1.68 bits per heavy atom. The van der Waals surface area contributed by atoms with Crippen molar-refractivity contribution in [3.8, 4) is 10.4 Å². The third-order valence-electron chi connectivity index (χ3n) is 4.68. The number of nitrogens with zero attached hydrogens (tertiary/aromatic N) is 1. The van der Waals surface area contributed by atoms with E-state index in [0.717, 1.165) is 10.4 Å². The molecule has 0 fully saturated rings. The summed E-state index contributed by atoms with van der Waals surface area (Å²) in [6, 6.07) is 16.0. The van der Waals surface area contributed by atoms with E-state index in [1.54, 1.807) is 35.2 Å². The van der Waals surface area contributed by atoms with Crippen LogP contribution in [-0.4, -0.2) is 35.7 Å². The zero-order valence-corrected chi connectivity index (χ0v) is 17.7. The van der Waals surface area contributed by atoms with Crippen LogP contribution in [-0.2, 0) is 4.79 Å². The van der Waals surface area contributed by atoms with Gasteiger partial charge in [-0.1, -0.05) is 12.1 Å². The van der Waals surface area contributed by atoms with Gasteiger partial charge in [-0.2, -0.15) is 0 Å². The maximum atomic E-state index is 13.1. The van der Waals surface area contributed by atoms with E-state index in [2.05, 4.69) is 5.32 Å². The first kappa shape index (κ1) is 22.2. The molecule has 160 valence electrons. The second-order valence-corrected chi connectivity index (χ2v) is 7.88. The summed E-state index contributed by atoms with van der Waals surface area (Å²) < 4.78 is 13.1. The van der Waals surface area contributed by atoms with Crippen LogP contribution in [0.3, 0.4) is 0 Å². The Morgan fingerprint density at radius 3 is 2.29 bits per heavy atom. The minimum atomic E-state index is -0.536. The molecular formula is C23H22FN3O3S. The summed E-state index contributed by atoms with van der Waals surface area (Å²) in [7, 11) is 0. The van der Waals surface area contributed by atoms with Crippen molar-refractivity contribution in [2.24, 2.45) is 5.73 Å². The average Bonchev–Trinajstić information content (AvgIpc) is 3.25. The van der Waals surface area contributed by atoms with Crippen molar-refractivity contribution in [2.75, 3.05) is 18.4 Å². The molecule has 0 spiro atoms. The van der Waals surface area contributed by atoms with Crippen molar-refractivity contribution < 1.29 is 18.8 Å². The Kier molecular flexibility index (Phi) is 7.15. The van der Waals surface area contributed by atoms with Crippen molar-refractivity contribution in [1.82, 2.24) is 4.90 Å². The minimum Gasteiger partial charge on any atom is -0.366 e. The molecule has 1 aromatic heterocycles. The number of benzene rings is 2. The predicted molar refractivity (Wildman–Crippen MR) is 119 cm³/mol. The molecule has 3 N–H and O–H groups in total. The highest BCUT2D eigenvalue weighted by atomic mass is 32.1. The molecule has 0 radical (unpaired) electrons. The van der Waals surface area contributed by atoms with Crippen LogP contribution in [0.2, 0.25) is 0 Å². The maximum absolute atomic E-state index is 13.1. The number of anilines is 1. The smallest absolute Gasteiger partial charge is 0.263 e. The fourth-order valence-corrected chi connectivity index (χ4v) is 3.94. The number of nitrogens with two attached hydrogens (primary N) is 1. The lowest BCUT2D eigenvalue weighted by molar-refractivity contribution is -0.116. The number of nitrogens with one attached hydrogen (secondary N) is 1. The number of halogens is 1. The molecule has 0 unspecified atom stereocenters. The molecule has 0 aliphatic rings. The standard InChI is InChI=1S/C23H22FN3O3S/c1-2-27(14-13-21(28)26-18-9-5-16(6-10-18)22(25)29)23(30)20-12-11-19(31-20)15-3-7-17(24)8-4-15/h3-12H,2,13-14H2,1H3,(H2,25,29)(H,26,28). The van der Waals surface area contributed by atoms with Crippen LogP contribution in [0.15, 0.2) is 60.7 Å². The lowest BCUT2D eigenvalue weighted by Gasteiger charge is -2.19. The van der Waals surface area contributed by atoms with Crippen LogP contribution in [0.5, 0.6) is 0 Å². The number of carbonyl (C=O) groups is 3. The number of carbonyl (C=O) groups excluding carboxylic acids is 3. The summed E-state index contributed by atoms with van der Waals surface area (Å²) in [6.07, 6.45) is 0.132. The van der Waals surface area contributed by atoms with E-state index in [0.29, 0.717) is 22.7 Å². The van der Waals surface area contributed by atoms with Crippen molar-refractivity contribution in [2.45, 2.75) is 13.3 Å². The van der Waals surface area contributed by atoms with E-state index in [1.807, 2.05) is 13.0 Å². The van der Waals surface area contributed by atoms with E-state index >= 15 is 0 Å². The van der Waals surface area contributed by atoms with Gasteiger partial charge in [0.25, 0.3) is 5.91 Å². The summed E-state index contributed by atoms with van der Waals surface area (Å²) in [6.45, 7) is 2.58. The molecular weight excluding hydrogens is 417 g/mol. The van der Waals surface area contributed by atoms with E-state index in [9.17, 15) is 18.8 Å². The van der Waals surface area contributed by atoms with Gasteiger partial charge in [-0.25, -0.2) is 4.39 Å². The quantitative estimate of drug-likeness (QED) is 0.552. The first-order chi connectivity index (χ1) is 14.9. The normalized spacial score (nSPS) is 10.5. The second-order valence-electron chi connectivity index (χ2n) is 6.80. The van der Waals surface area contributed by atoms with Crippen molar-refractivity contribution in [3.63, 3.8) is 0 Å². The largest absolute Gasteiger partial charge is 0.366 e. The Bertz CT molecular complexity index is 1080. The third-order valence-corrected chi connectivity index (χ3v) is 5.80. The van der Waals surface area contributed by atoms with Crippen LogP contribution in [0.1, 0.15) is 33.4 Å². The Labute approximate surface area is 183 Å². The average molecular weight is 440 g/mol. The zero-order valence-electron chi connectivity index (χ0n) is 16.9. The van der Waals surface area contributed by atoms with Crippen LogP contribution < -0.4 is 11.1 Å². The van der Waals surface area contributed by atoms with Gasteiger partial charge in [0, 0.05) is 35.6 Å². The van der Waals surface area contributed by atoms with E-state index in [-0.39, 0.29) is 30.6 Å². The summed E-state index contributed by atoms with van der Waals surface area (Å²) in [5, 5.41) is 2.74. The van der Waals surface area contributed by atoms with E-state index in [1.165, 1.54) is 35.6 Å². The summed E-state index contributed by atoms with van der Waals surface area (Å²) in [5.41, 5.74) is 6.95. The molecule has 0 saturated heterocycles. The third kappa shape index (κ3) is 5.76. The molecule has 0 aliphatic heterocycles. The topological polar surface area (TPSA) is 92.5 Å². The molecule has 8 heteroatoms. The van der Waals surface area contributed by atoms with Crippen molar-refractivity contribution in [1.29, 1.82) is 0 Å². The lowest BCUT2D eigenvalue weighted by Crippen LogP contribution is -2.33. The van der Waals surface area contributed by atoms with Gasteiger partial charge in [0.2, 0.25) is 11.8 Å². The minimum absolute atomic E-state index is 0.132. The number of hydrogen-bond donors (Lipinski definition) is 2. The summed E-state index contributed by atoms with van der Waals surface area (Å²) >= 11 is 1.33. The molecule has 3 rings (SSSR count). The summed E-state index contributed by atoms with van der Waals surface area (Å²) in [5.74, 6) is -1.24. The number of amides is 3. The molecule has 0 saturated carbocycles. The van der Waals surface area contributed by atoms with E-state index < -0.39 is 5.91 Å². The molecule has 2 aromatic carbocycles. The van der Waals surface area contributed by atoms with Gasteiger partial charge in [-0.15, -0.1) is 11.3 Å². The second kappa shape index (κ2) is 9.99. The van der Waals surface area contributed by atoms with Gasteiger partial charge in [0.15, 0.2) is 0 Å². The highest BCUT2D eigenvalue weighted by molar-refractivity contribution is 7.17. The van der Waals surface area contributed by atoms with Crippen molar-refractivity contribution >= 4 is 34.7 Å². The number of hydrogen-bond acceptors (Lipinski definition) is 4. The number of thiophene rings is 1. The first-order valence-corrected chi connectivity index (χ1v) is 10.5.